The first kappa shape index (κ1) is 13.8. The lowest BCUT2D eigenvalue weighted by Crippen LogP contribution is -2.52. The van der Waals surface area contributed by atoms with Crippen LogP contribution in [-0.4, -0.2) is 47.9 Å². The van der Waals surface area contributed by atoms with Crippen LogP contribution in [0, 0.1) is 0 Å². The van der Waals surface area contributed by atoms with Crippen LogP contribution < -0.4 is 16.0 Å². The van der Waals surface area contributed by atoms with Gasteiger partial charge < -0.3 is 25.1 Å². The molecule has 1 saturated heterocycles. The van der Waals surface area contributed by atoms with Gasteiger partial charge in [0.15, 0.2) is 0 Å². The van der Waals surface area contributed by atoms with Crippen molar-refractivity contribution in [2.24, 2.45) is 5.73 Å². The average molecular weight is 269 g/mol. The maximum atomic E-state index is 11.4. The zero-order chi connectivity index (χ0) is 13.8. The summed E-state index contributed by atoms with van der Waals surface area (Å²) in [6.45, 7) is 5.82. The number of nitrogens with zero attached hydrogens (tertiary/aromatic N) is 3. The molecule has 0 radical (unpaired) electrons. The Labute approximate surface area is 111 Å². The van der Waals surface area contributed by atoms with Crippen molar-refractivity contribution < 1.29 is 13.9 Å². The van der Waals surface area contributed by atoms with E-state index in [4.69, 9.17) is 14.9 Å². The van der Waals surface area contributed by atoms with Gasteiger partial charge in [0.1, 0.15) is 6.04 Å². The Hall–Kier alpha value is -1.67. The molecule has 0 aromatic carbocycles. The minimum atomic E-state index is -0.555. The Morgan fingerprint density at radius 1 is 1.58 bits per heavy atom. The number of ether oxygens (including phenoxy) is 1. The Morgan fingerprint density at radius 3 is 3.05 bits per heavy atom. The molecular weight excluding hydrogens is 250 g/mol. The highest BCUT2D eigenvalue weighted by Gasteiger charge is 2.31. The minimum Gasteiger partial charge on any atom is -0.407 e. The Bertz CT molecular complexity index is 434. The Morgan fingerprint density at radius 2 is 2.37 bits per heavy atom. The van der Waals surface area contributed by atoms with E-state index in [1.165, 1.54) is 0 Å². The highest BCUT2D eigenvalue weighted by molar-refractivity contribution is 5.83. The Kier molecular flexibility index (Phi) is 4.33. The second kappa shape index (κ2) is 5.98. The van der Waals surface area contributed by atoms with Crippen LogP contribution in [0.4, 0.5) is 6.01 Å². The number of carbonyl (C=O) groups excluding carboxylic acids is 1. The summed E-state index contributed by atoms with van der Waals surface area (Å²) >= 11 is 0. The first-order valence-electron chi connectivity index (χ1n) is 6.27. The van der Waals surface area contributed by atoms with Crippen molar-refractivity contribution in [3.05, 3.63) is 5.89 Å². The highest BCUT2D eigenvalue weighted by Crippen LogP contribution is 2.18. The number of anilines is 1. The predicted molar refractivity (Wildman–Crippen MR) is 67.4 cm³/mol. The van der Waals surface area contributed by atoms with E-state index in [2.05, 4.69) is 15.5 Å². The van der Waals surface area contributed by atoms with Crippen LogP contribution in [0.15, 0.2) is 4.42 Å². The molecule has 1 aromatic heterocycles. The van der Waals surface area contributed by atoms with Gasteiger partial charge in [-0.05, 0) is 0 Å². The summed E-state index contributed by atoms with van der Waals surface area (Å²) < 4.78 is 10.8. The molecule has 19 heavy (non-hydrogen) atoms. The summed E-state index contributed by atoms with van der Waals surface area (Å²) in [4.78, 5) is 13.1. The van der Waals surface area contributed by atoms with E-state index >= 15 is 0 Å². The summed E-state index contributed by atoms with van der Waals surface area (Å²) in [5.41, 5.74) is 5.34. The SMILES string of the molecule is CC(C)NCc1nnc(N2CCOCC2C(N)=O)o1. The predicted octanol–water partition coefficient (Wildman–Crippen LogP) is -0.742. The molecule has 1 fully saturated rings. The number of morpholine rings is 1. The van der Waals surface area contributed by atoms with Crippen LogP contribution in [0.3, 0.4) is 0 Å². The van der Waals surface area contributed by atoms with Crippen LogP contribution in [0.25, 0.3) is 0 Å². The van der Waals surface area contributed by atoms with Crippen molar-refractivity contribution in [2.45, 2.75) is 32.5 Å². The van der Waals surface area contributed by atoms with Gasteiger partial charge in [-0.2, -0.15) is 0 Å². The van der Waals surface area contributed by atoms with Gasteiger partial charge in [0.25, 0.3) is 0 Å². The van der Waals surface area contributed by atoms with E-state index in [1.54, 1.807) is 4.90 Å². The molecule has 0 spiro atoms. The van der Waals surface area contributed by atoms with Crippen molar-refractivity contribution in [2.75, 3.05) is 24.7 Å². The van der Waals surface area contributed by atoms with E-state index in [9.17, 15) is 4.79 Å². The zero-order valence-corrected chi connectivity index (χ0v) is 11.1. The second-order valence-corrected chi connectivity index (χ2v) is 4.70. The molecule has 8 heteroatoms. The number of carbonyl (C=O) groups is 1. The van der Waals surface area contributed by atoms with Crippen molar-refractivity contribution in [3.8, 4) is 0 Å². The van der Waals surface area contributed by atoms with Gasteiger partial charge in [0.2, 0.25) is 11.8 Å². The van der Waals surface area contributed by atoms with E-state index in [-0.39, 0.29) is 6.61 Å². The quantitative estimate of drug-likeness (QED) is 0.724. The van der Waals surface area contributed by atoms with Crippen molar-refractivity contribution in [1.82, 2.24) is 15.5 Å². The number of rotatable bonds is 5. The van der Waals surface area contributed by atoms with Crippen molar-refractivity contribution in [3.63, 3.8) is 0 Å². The monoisotopic (exact) mass is 269 g/mol. The second-order valence-electron chi connectivity index (χ2n) is 4.70. The normalized spacial score (nSPS) is 19.9. The van der Waals surface area contributed by atoms with Crippen molar-refractivity contribution in [1.29, 1.82) is 0 Å². The van der Waals surface area contributed by atoms with Crippen LogP contribution in [0.2, 0.25) is 0 Å². The molecule has 106 valence electrons. The number of hydrogen-bond donors (Lipinski definition) is 2. The molecule has 3 N–H and O–H groups in total. The maximum absolute atomic E-state index is 11.4. The Balaban J connectivity index is 2.05. The molecule has 1 amide bonds. The topological polar surface area (TPSA) is 107 Å². The molecule has 1 aliphatic rings. The van der Waals surface area contributed by atoms with Gasteiger partial charge in [-0.1, -0.05) is 18.9 Å². The molecule has 0 saturated carbocycles. The average Bonchev–Trinajstić information content (AvgIpc) is 2.85. The van der Waals surface area contributed by atoms with Crippen LogP contribution >= 0.6 is 0 Å². The fourth-order valence-corrected chi connectivity index (χ4v) is 1.79. The van der Waals surface area contributed by atoms with Gasteiger partial charge in [-0.25, -0.2) is 0 Å². The van der Waals surface area contributed by atoms with Crippen molar-refractivity contribution >= 4 is 11.9 Å². The van der Waals surface area contributed by atoms with E-state index in [1.807, 2.05) is 13.8 Å². The molecule has 2 heterocycles. The lowest BCUT2D eigenvalue weighted by Gasteiger charge is -2.31. The summed E-state index contributed by atoms with van der Waals surface area (Å²) in [6, 6.07) is 0.0878. The number of nitrogens with two attached hydrogens (primary N) is 1. The first-order valence-corrected chi connectivity index (χ1v) is 6.27. The molecule has 1 unspecified atom stereocenters. The van der Waals surface area contributed by atoms with Gasteiger partial charge in [-0.15, -0.1) is 5.10 Å². The highest BCUT2D eigenvalue weighted by atomic mass is 16.5. The maximum Gasteiger partial charge on any atom is 0.319 e. The van der Waals surface area contributed by atoms with E-state index in [0.717, 1.165) is 0 Å². The number of amides is 1. The number of aromatic nitrogens is 2. The molecule has 1 aromatic rings. The fourth-order valence-electron chi connectivity index (χ4n) is 1.79. The third-order valence-electron chi connectivity index (χ3n) is 2.82. The van der Waals surface area contributed by atoms with Gasteiger partial charge >= 0.3 is 6.01 Å². The smallest absolute Gasteiger partial charge is 0.319 e. The van der Waals surface area contributed by atoms with E-state index in [0.29, 0.717) is 37.6 Å². The lowest BCUT2D eigenvalue weighted by atomic mass is 10.2. The third kappa shape index (κ3) is 3.42. The summed E-state index contributed by atoms with van der Waals surface area (Å²) in [5.74, 6) is 0.0261. The molecule has 1 aliphatic heterocycles. The van der Waals surface area contributed by atoms with Crippen LogP contribution in [0.1, 0.15) is 19.7 Å². The minimum absolute atomic E-state index is 0.247. The zero-order valence-electron chi connectivity index (χ0n) is 11.1. The molecular formula is C11H19N5O3. The number of primary amides is 1. The van der Waals surface area contributed by atoms with E-state index < -0.39 is 11.9 Å². The third-order valence-corrected chi connectivity index (χ3v) is 2.82. The van der Waals surface area contributed by atoms with Crippen LogP contribution in [0.5, 0.6) is 0 Å². The molecule has 0 aliphatic carbocycles. The van der Waals surface area contributed by atoms with Crippen LogP contribution in [-0.2, 0) is 16.1 Å². The lowest BCUT2D eigenvalue weighted by molar-refractivity contribution is -0.121. The number of nitrogens with one attached hydrogen (secondary N) is 1. The summed E-state index contributed by atoms with van der Waals surface area (Å²) in [6.07, 6.45) is 0. The molecule has 1 atom stereocenters. The molecule has 0 bridgehead atoms. The molecule has 8 nitrogen and oxygen atoms in total. The van der Waals surface area contributed by atoms with Gasteiger partial charge in [0, 0.05) is 12.6 Å². The first-order chi connectivity index (χ1) is 9.08. The molecule has 2 rings (SSSR count). The standard InChI is InChI=1S/C11H19N5O3/c1-7(2)13-5-9-14-15-11(19-9)16-3-4-18-6-8(16)10(12)17/h7-8,13H,3-6H2,1-2H3,(H2,12,17). The summed E-state index contributed by atoms with van der Waals surface area (Å²) in [7, 11) is 0. The van der Waals surface area contributed by atoms with Gasteiger partial charge in [0.05, 0.1) is 19.8 Å². The number of hydrogen-bond acceptors (Lipinski definition) is 7. The summed E-state index contributed by atoms with van der Waals surface area (Å²) in [5, 5.41) is 11.1. The largest absolute Gasteiger partial charge is 0.407 e. The van der Waals surface area contributed by atoms with Gasteiger partial charge in [-0.3, -0.25) is 4.79 Å². The fraction of sp³-hybridized carbons (Fsp3) is 0.727.